The lowest BCUT2D eigenvalue weighted by molar-refractivity contribution is 0.0982. The standard InChI is InChI=1S/C23H20ClN3O3S/c1-14-6-8-18(24)21-20(14)26-23(31-21)27(13-15-5-4-10-25-12-15)22(28)17-11-16(29-2)7-9-19(17)30-3/h4-12H,13H2,1-3H3. The van der Waals surface area contributed by atoms with Gasteiger partial charge in [-0.3, -0.25) is 14.7 Å². The molecule has 0 saturated carbocycles. The first-order valence-corrected chi connectivity index (χ1v) is 10.7. The van der Waals surface area contributed by atoms with Gasteiger partial charge in [-0.25, -0.2) is 4.98 Å². The number of amides is 1. The summed E-state index contributed by atoms with van der Waals surface area (Å²) in [7, 11) is 3.09. The van der Waals surface area contributed by atoms with Crippen LogP contribution in [0.5, 0.6) is 11.5 Å². The largest absolute Gasteiger partial charge is 0.497 e. The Kier molecular flexibility index (Phi) is 6.06. The van der Waals surface area contributed by atoms with Crippen LogP contribution in [0.3, 0.4) is 0 Å². The van der Waals surface area contributed by atoms with Gasteiger partial charge in [-0.1, -0.05) is 35.1 Å². The lowest BCUT2D eigenvalue weighted by Crippen LogP contribution is -2.30. The minimum atomic E-state index is -0.257. The Balaban J connectivity index is 1.85. The fraction of sp³-hybridized carbons (Fsp3) is 0.174. The molecule has 2 aromatic heterocycles. The highest BCUT2D eigenvalue weighted by Crippen LogP contribution is 2.37. The number of carbonyl (C=O) groups excluding carboxylic acids is 1. The Bertz CT molecular complexity index is 1200. The van der Waals surface area contributed by atoms with E-state index in [1.807, 2.05) is 31.2 Å². The second kappa shape index (κ2) is 8.91. The van der Waals surface area contributed by atoms with Crippen LogP contribution in [0.15, 0.2) is 54.9 Å². The molecule has 0 N–H and O–H groups in total. The molecule has 0 aliphatic rings. The molecule has 0 bridgehead atoms. The third-order valence-electron chi connectivity index (χ3n) is 4.86. The van der Waals surface area contributed by atoms with Gasteiger partial charge in [-0.2, -0.15) is 0 Å². The maximum absolute atomic E-state index is 13.7. The van der Waals surface area contributed by atoms with Crippen molar-refractivity contribution in [3.05, 3.63) is 76.6 Å². The zero-order valence-electron chi connectivity index (χ0n) is 17.3. The summed E-state index contributed by atoms with van der Waals surface area (Å²) in [4.78, 5) is 24.3. The fourth-order valence-electron chi connectivity index (χ4n) is 3.23. The van der Waals surface area contributed by atoms with Crippen molar-refractivity contribution in [3.63, 3.8) is 0 Å². The minimum absolute atomic E-state index is 0.257. The second-order valence-electron chi connectivity index (χ2n) is 6.86. The van der Waals surface area contributed by atoms with E-state index in [1.54, 1.807) is 42.6 Å². The number of aromatic nitrogens is 2. The van der Waals surface area contributed by atoms with Gasteiger partial charge in [0.1, 0.15) is 11.5 Å². The first-order valence-electron chi connectivity index (χ1n) is 9.50. The summed E-state index contributed by atoms with van der Waals surface area (Å²) in [5.74, 6) is 0.762. The molecule has 2 aromatic carbocycles. The number of thiazole rings is 1. The van der Waals surface area contributed by atoms with Gasteiger partial charge >= 0.3 is 0 Å². The van der Waals surface area contributed by atoms with Gasteiger partial charge in [0.05, 0.1) is 41.6 Å². The zero-order valence-corrected chi connectivity index (χ0v) is 18.8. The molecule has 6 nitrogen and oxygen atoms in total. The van der Waals surface area contributed by atoms with E-state index < -0.39 is 0 Å². The van der Waals surface area contributed by atoms with Crippen LogP contribution in [0.2, 0.25) is 5.02 Å². The lowest BCUT2D eigenvalue weighted by atomic mass is 10.1. The van der Waals surface area contributed by atoms with Gasteiger partial charge in [-0.05, 0) is 48.4 Å². The molecule has 1 amide bonds. The topological polar surface area (TPSA) is 64.6 Å². The molecule has 0 atom stereocenters. The van der Waals surface area contributed by atoms with Gasteiger partial charge in [0.25, 0.3) is 5.91 Å². The molecule has 0 fully saturated rings. The SMILES string of the molecule is COc1ccc(OC)c(C(=O)N(Cc2cccnc2)c2nc3c(C)ccc(Cl)c3s2)c1. The van der Waals surface area contributed by atoms with Crippen LogP contribution in [0.1, 0.15) is 21.5 Å². The number of hydrogen-bond donors (Lipinski definition) is 0. The average Bonchev–Trinajstić information content (AvgIpc) is 3.26. The van der Waals surface area contributed by atoms with E-state index in [2.05, 4.69) is 4.98 Å². The molecule has 2 heterocycles. The van der Waals surface area contributed by atoms with E-state index in [4.69, 9.17) is 26.1 Å². The van der Waals surface area contributed by atoms with Crippen LogP contribution >= 0.6 is 22.9 Å². The van der Waals surface area contributed by atoms with E-state index in [-0.39, 0.29) is 5.91 Å². The van der Waals surface area contributed by atoms with Crippen molar-refractivity contribution in [2.24, 2.45) is 0 Å². The van der Waals surface area contributed by atoms with E-state index >= 15 is 0 Å². The molecule has 0 radical (unpaired) electrons. The van der Waals surface area contributed by atoms with Gasteiger partial charge in [-0.15, -0.1) is 0 Å². The molecule has 0 aliphatic heterocycles. The van der Waals surface area contributed by atoms with Crippen LogP contribution in [0.4, 0.5) is 5.13 Å². The number of methoxy groups -OCH3 is 2. The maximum Gasteiger partial charge on any atom is 0.264 e. The molecule has 4 rings (SSSR count). The maximum atomic E-state index is 13.7. The number of pyridine rings is 1. The van der Waals surface area contributed by atoms with Crippen LogP contribution < -0.4 is 14.4 Å². The summed E-state index contributed by atoms with van der Waals surface area (Å²) in [6.07, 6.45) is 3.43. The Morgan fingerprint density at radius 1 is 1.16 bits per heavy atom. The number of fused-ring (bicyclic) bond motifs is 1. The normalized spacial score (nSPS) is 10.8. The quantitative estimate of drug-likeness (QED) is 0.384. The van der Waals surface area contributed by atoms with Crippen molar-refractivity contribution in [3.8, 4) is 11.5 Å². The number of benzene rings is 2. The number of aryl methyl sites for hydroxylation is 1. The van der Waals surface area contributed by atoms with Crippen LogP contribution in [0.25, 0.3) is 10.2 Å². The smallest absolute Gasteiger partial charge is 0.264 e. The number of carbonyl (C=O) groups is 1. The van der Waals surface area contributed by atoms with Crippen molar-refractivity contribution in [2.45, 2.75) is 13.5 Å². The fourth-order valence-corrected chi connectivity index (χ4v) is 4.55. The Morgan fingerprint density at radius 2 is 2.00 bits per heavy atom. The predicted molar refractivity (Wildman–Crippen MR) is 124 cm³/mol. The van der Waals surface area contributed by atoms with E-state index in [0.717, 1.165) is 21.3 Å². The van der Waals surface area contributed by atoms with Crippen molar-refractivity contribution in [1.82, 2.24) is 9.97 Å². The summed E-state index contributed by atoms with van der Waals surface area (Å²) in [5.41, 5.74) is 3.04. The predicted octanol–water partition coefficient (Wildman–Crippen LogP) is 5.52. The van der Waals surface area contributed by atoms with Crippen molar-refractivity contribution in [2.75, 3.05) is 19.1 Å². The Morgan fingerprint density at radius 3 is 2.68 bits per heavy atom. The number of rotatable bonds is 6. The molecule has 0 saturated heterocycles. The minimum Gasteiger partial charge on any atom is -0.497 e. The van der Waals surface area contributed by atoms with E-state index in [1.165, 1.54) is 18.4 Å². The van der Waals surface area contributed by atoms with Crippen molar-refractivity contribution in [1.29, 1.82) is 0 Å². The van der Waals surface area contributed by atoms with Gasteiger partial charge in [0.15, 0.2) is 5.13 Å². The highest BCUT2D eigenvalue weighted by atomic mass is 35.5. The summed E-state index contributed by atoms with van der Waals surface area (Å²) in [5, 5.41) is 1.15. The molecular weight excluding hydrogens is 434 g/mol. The highest BCUT2D eigenvalue weighted by Gasteiger charge is 2.26. The van der Waals surface area contributed by atoms with Gasteiger partial charge in [0, 0.05) is 12.4 Å². The molecule has 8 heteroatoms. The molecular formula is C23H20ClN3O3S. The third-order valence-corrected chi connectivity index (χ3v) is 6.40. The zero-order chi connectivity index (χ0) is 22.0. The average molecular weight is 454 g/mol. The first-order chi connectivity index (χ1) is 15.0. The highest BCUT2D eigenvalue weighted by molar-refractivity contribution is 7.23. The number of halogens is 1. The summed E-state index contributed by atoms with van der Waals surface area (Å²) in [6, 6.07) is 12.7. The van der Waals surface area contributed by atoms with Crippen LogP contribution in [-0.2, 0) is 6.54 Å². The van der Waals surface area contributed by atoms with Gasteiger partial charge in [0.2, 0.25) is 0 Å². The summed E-state index contributed by atoms with van der Waals surface area (Å²) < 4.78 is 11.6. The molecule has 0 aliphatic carbocycles. The molecule has 0 unspecified atom stereocenters. The number of anilines is 1. The number of hydrogen-bond acceptors (Lipinski definition) is 6. The summed E-state index contributed by atoms with van der Waals surface area (Å²) >= 11 is 7.79. The van der Waals surface area contributed by atoms with Crippen LogP contribution in [-0.4, -0.2) is 30.1 Å². The monoisotopic (exact) mass is 453 g/mol. The van der Waals surface area contributed by atoms with Gasteiger partial charge < -0.3 is 9.47 Å². The molecule has 4 aromatic rings. The summed E-state index contributed by atoms with van der Waals surface area (Å²) in [6.45, 7) is 2.27. The number of nitrogens with zero attached hydrogens (tertiary/aromatic N) is 3. The Hall–Kier alpha value is -3.16. The molecule has 0 spiro atoms. The Labute approximate surface area is 189 Å². The van der Waals surface area contributed by atoms with E-state index in [0.29, 0.717) is 33.8 Å². The van der Waals surface area contributed by atoms with E-state index in [9.17, 15) is 4.79 Å². The number of ether oxygens (including phenoxy) is 2. The lowest BCUT2D eigenvalue weighted by Gasteiger charge is -2.21. The van der Waals surface area contributed by atoms with Crippen molar-refractivity contribution >= 4 is 44.2 Å². The first kappa shape index (κ1) is 21.1. The third kappa shape index (κ3) is 4.19. The molecule has 158 valence electrons. The second-order valence-corrected chi connectivity index (χ2v) is 8.24. The van der Waals surface area contributed by atoms with Crippen molar-refractivity contribution < 1.29 is 14.3 Å². The molecule has 31 heavy (non-hydrogen) atoms. The van der Waals surface area contributed by atoms with Crippen LogP contribution in [0, 0.1) is 6.92 Å².